The number of rotatable bonds is 2. The predicted octanol–water partition coefficient (Wildman–Crippen LogP) is 2.30. The minimum absolute atomic E-state index is 0.162. The first-order chi connectivity index (χ1) is 6.61. The first-order valence-electron chi connectivity index (χ1n) is 4.43. The van der Waals surface area contributed by atoms with Crippen molar-refractivity contribution in [2.75, 3.05) is 0 Å². The van der Waals surface area contributed by atoms with Crippen molar-refractivity contribution < 1.29 is 9.57 Å². The summed E-state index contributed by atoms with van der Waals surface area (Å²) in [5, 5.41) is 0. The van der Waals surface area contributed by atoms with Gasteiger partial charge in [0.2, 0.25) is 0 Å². The molecule has 0 aromatic heterocycles. The van der Waals surface area contributed by atoms with Gasteiger partial charge in [-0.05, 0) is 31.5 Å². The van der Waals surface area contributed by atoms with Gasteiger partial charge in [-0.1, -0.05) is 17.8 Å². The van der Waals surface area contributed by atoms with Crippen LogP contribution in [0.25, 0.3) is 0 Å². The Bertz CT molecular complexity index is 352. The molecule has 1 aromatic rings. The van der Waals surface area contributed by atoms with Gasteiger partial charge in [0, 0.05) is 0 Å². The average Bonchev–Trinajstić information content (AvgIpc) is 2.38. The zero-order valence-electron chi connectivity index (χ0n) is 8.24. The third-order valence-electron chi connectivity index (χ3n) is 1.97. The summed E-state index contributed by atoms with van der Waals surface area (Å²) in [5.41, 5.74) is 1.03. The van der Waals surface area contributed by atoms with Gasteiger partial charge in [-0.25, -0.2) is 5.90 Å². The Morgan fingerprint density at radius 3 is 3.00 bits per heavy atom. The van der Waals surface area contributed by atoms with Gasteiger partial charge in [-0.2, -0.15) is 0 Å². The number of hydrogen-bond donors (Lipinski definition) is 1. The van der Waals surface area contributed by atoms with Crippen LogP contribution in [0.5, 0.6) is 5.75 Å². The highest BCUT2D eigenvalue weighted by Gasteiger charge is 2.30. The van der Waals surface area contributed by atoms with E-state index in [0.29, 0.717) is 6.61 Å². The van der Waals surface area contributed by atoms with Crippen LogP contribution in [0.1, 0.15) is 19.4 Å². The Hall–Kier alpha value is -0.710. The minimum atomic E-state index is -0.162. The van der Waals surface area contributed by atoms with E-state index in [2.05, 4.69) is 18.7 Å². The maximum atomic E-state index is 5.75. The topological polar surface area (TPSA) is 44.5 Å². The fraction of sp³-hybridized carbons (Fsp3) is 0.400. The Morgan fingerprint density at radius 1 is 1.50 bits per heavy atom. The van der Waals surface area contributed by atoms with Gasteiger partial charge in [0.25, 0.3) is 0 Å². The van der Waals surface area contributed by atoms with E-state index in [9.17, 15) is 0 Å². The molecule has 0 saturated carbocycles. The first-order valence-corrected chi connectivity index (χ1v) is 5.25. The van der Waals surface area contributed by atoms with Crippen molar-refractivity contribution >= 4 is 11.8 Å². The second-order valence-corrected chi connectivity index (χ2v) is 5.32. The molecule has 0 radical (unpaired) electrons. The summed E-state index contributed by atoms with van der Waals surface area (Å²) >= 11 is 1.73. The standard InChI is InChI=1S/C10H13NO2S/c1-10(2)13-8-5-7(6-12-11)3-4-9(8)14-10/h3-5H,6,11H2,1-2H3. The molecule has 0 unspecified atom stereocenters. The zero-order chi connectivity index (χ0) is 10.2. The molecule has 76 valence electrons. The monoisotopic (exact) mass is 211 g/mol. The van der Waals surface area contributed by atoms with Crippen LogP contribution in [0.15, 0.2) is 23.1 Å². The van der Waals surface area contributed by atoms with Crippen LogP contribution in [0.2, 0.25) is 0 Å². The molecule has 0 amide bonds. The van der Waals surface area contributed by atoms with Gasteiger partial charge in [0.1, 0.15) is 5.75 Å². The van der Waals surface area contributed by atoms with E-state index in [4.69, 9.17) is 10.6 Å². The molecular weight excluding hydrogens is 198 g/mol. The van der Waals surface area contributed by atoms with E-state index < -0.39 is 0 Å². The molecule has 0 spiro atoms. The predicted molar refractivity (Wildman–Crippen MR) is 56.0 cm³/mol. The largest absolute Gasteiger partial charge is 0.476 e. The number of hydrogen-bond acceptors (Lipinski definition) is 4. The highest BCUT2D eigenvalue weighted by molar-refractivity contribution is 8.00. The number of nitrogens with two attached hydrogens (primary N) is 1. The van der Waals surface area contributed by atoms with Crippen LogP contribution >= 0.6 is 11.8 Å². The molecule has 2 N–H and O–H groups in total. The van der Waals surface area contributed by atoms with E-state index in [1.165, 1.54) is 4.90 Å². The molecule has 3 nitrogen and oxygen atoms in total. The lowest BCUT2D eigenvalue weighted by Gasteiger charge is -2.15. The SMILES string of the molecule is CC1(C)Oc2cc(CON)ccc2S1. The summed E-state index contributed by atoms with van der Waals surface area (Å²) in [6.45, 7) is 4.52. The fourth-order valence-electron chi connectivity index (χ4n) is 1.45. The van der Waals surface area contributed by atoms with Crippen LogP contribution in [-0.4, -0.2) is 4.93 Å². The Kier molecular flexibility index (Phi) is 2.43. The van der Waals surface area contributed by atoms with Crippen molar-refractivity contribution in [1.29, 1.82) is 0 Å². The van der Waals surface area contributed by atoms with E-state index >= 15 is 0 Å². The van der Waals surface area contributed by atoms with Crippen molar-refractivity contribution in [3.05, 3.63) is 23.8 Å². The van der Waals surface area contributed by atoms with Gasteiger partial charge in [-0.3, -0.25) is 4.84 Å². The summed E-state index contributed by atoms with van der Waals surface area (Å²) in [6.07, 6.45) is 0. The average molecular weight is 211 g/mol. The highest BCUT2D eigenvalue weighted by atomic mass is 32.2. The molecule has 2 rings (SSSR count). The zero-order valence-corrected chi connectivity index (χ0v) is 9.06. The summed E-state index contributed by atoms with van der Waals surface area (Å²) in [5.74, 6) is 5.94. The van der Waals surface area contributed by atoms with Crippen LogP contribution in [0.3, 0.4) is 0 Å². The van der Waals surface area contributed by atoms with E-state index in [-0.39, 0.29) is 4.93 Å². The lowest BCUT2D eigenvalue weighted by Crippen LogP contribution is -2.18. The number of thioether (sulfide) groups is 1. The molecule has 1 aliphatic heterocycles. The van der Waals surface area contributed by atoms with Gasteiger partial charge in [0.15, 0.2) is 4.93 Å². The van der Waals surface area contributed by atoms with E-state index in [1.807, 2.05) is 18.2 Å². The first kappa shape index (κ1) is 9.83. The number of ether oxygens (including phenoxy) is 1. The molecule has 0 atom stereocenters. The van der Waals surface area contributed by atoms with Crippen molar-refractivity contribution in [3.8, 4) is 5.75 Å². The molecular formula is C10H13NO2S. The Labute approximate surface area is 87.5 Å². The molecule has 0 saturated heterocycles. The van der Waals surface area contributed by atoms with E-state index in [0.717, 1.165) is 11.3 Å². The molecule has 0 fully saturated rings. The summed E-state index contributed by atoms with van der Waals surface area (Å²) in [6, 6.07) is 6.02. The van der Waals surface area contributed by atoms with Crippen molar-refractivity contribution in [3.63, 3.8) is 0 Å². The highest BCUT2D eigenvalue weighted by Crippen LogP contribution is 2.47. The Balaban J connectivity index is 2.26. The summed E-state index contributed by atoms with van der Waals surface area (Å²) in [7, 11) is 0. The van der Waals surface area contributed by atoms with Crippen molar-refractivity contribution in [1.82, 2.24) is 0 Å². The quantitative estimate of drug-likeness (QED) is 0.762. The molecule has 4 heteroatoms. The van der Waals surface area contributed by atoms with Gasteiger partial charge in [0.05, 0.1) is 11.5 Å². The molecule has 1 heterocycles. The van der Waals surface area contributed by atoms with E-state index in [1.54, 1.807) is 11.8 Å². The van der Waals surface area contributed by atoms with Crippen LogP contribution < -0.4 is 10.6 Å². The molecule has 1 aromatic carbocycles. The summed E-state index contributed by atoms with van der Waals surface area (Å²) < 4.78 is 5.75. The molecule has 0 bridgehead atoms. The third kappa shape index (κ3) is 1.87. The Morgan fingerprint density at radius 2 is 2.29 bits per heavy atom. The second-order valence-electron chi connectivity index (χ2n) is 3.70. The number of fused-ring (bicyclic) bond motifs is 1. The lowest BCUT2D eigenvalue weighted by molar-refractivity contribution is 0.123. The van der Waals surface area contributed by atoms with Crippen LogP contribution in [0.4, 0.5) is 0 Å². The fourth-order valence-corrected chi connectivity index (χ4v) is 2.45. The van der Waals surface area contributed by atoms with Crippen molar-refractivity contribution in [2.45, 2.75) is 30.3 Å². The third-order valence-corrected chi connectivity index (χ3v) is 3.10. The van der Waals surface area contributed by atoms with Gasteiger partial charge in [-0.15, -0.1) is 0 Å². The summed E-state index contributed by atoms with van der Waals surface area (Å²) in [4.78, 5) is 5.59. The molecule has 1 aliphatic rings. The van der Waals surface area contributed by atoms with Gasteiger partial charge < -0.3 is 4.74 Å². The van der Waals surface area contributed by atoms with Crippen LogP contribution in [0, 0.1) is 0 Å². The molecule has 0 aliphatic carbocycles. The lowest BCUT2D eigenvalue weighted by atomic mass is 10.2. The minimum Gasteiger partial charge on any atom is -0.476 e. The van der Waals surface area contributed by atoms with Crippen molar-refractivity contribution in [2.24, 2.45) is 5.90 Å². The van der Waals surface area contributed by atoms with Crippen LogP contribution in [-0.2, 0) is 11.4 Å². The smallest absolute Gasteiger partial charge is 0.153 e. The molecule has 14 heavy (non-hydrogen) atoms. The van der Waals surface area contributed by atoms with Gasteiger partial charge >= 0.3 is 0 Å². The maximum absolute atomic E-state index is 5.75. The normalized spacial score (nSPS) is 17.6. The number of benzene rings is 1. The second kappa shape index (κ2) is 3.46. The maximum Gasteiger partial charge on any atom is 0.153 e.